The Morgan fingerprint density at radius 1 is 1.36 bits per heavy atom. The molecule has 14 heavy (non-hydrogen) atoms. The molecule has 1 aliphatic carbocycles. The third-order valence-corrected chi connectivity index (χ3v) is 2.92. The third-order valence-electron chi connectivity index (χ3n) is 2.92. The van der Waals surface area contributed by atoms with E-state index in [-0.39, 0.29) is 0 Å². The van der Waals surface area contributed by atoms with Crippen molar-refractivity contribution in [3.05, 3.63) is 34.9 Å². The number of ether oxygens (including phenoxy) is 1. The number of hydrogen-bond acceptors (Lipinski definition) is 1. The molecule has 0 unspecified atom stereocenters. The summed E-state index contributed by atoms with van der Waals surface area (Å²) < 4.78 is 5.34. The molecule has 0 aliphatic heterocycles. The van der Waals surface area contributed by atoms with Crippen molar-refractivity contribution < 1.29 is 4.74 Å². The van der Waals surface area contributed by atoms with Gasteiger partial charge in [-0.25, -0.2) is 0 Å². The molecule has 0 spiro atoms. The highest BCUT2D eigenvalue weighted by molar-refractivity contribution is 5.61. The fraction of sp³-hybridized carbons (Fsp3) is 0.385. The molecule has 74 valence electrons. The Morgan fingerprint density at radius 3 is 2.86 bits per heavy atom. The van der Waals surface area contributed by atoms with Gasteiger partial charge in [0.15, 0.2) is 0 Å². The van der Waals surface area contributed by atoms with E-state index in [1.807, 2.05) is 0 Å². The van der Waals surface area contributed by atoms with Gasteiger partial charge in [0.1, 0.15) is 5.75 Å². The van der Waals surface area contributed by atoms with Crippen LogP contribution in [0.5, 0.6) is 5.75 Å². The van der Waals surface area contributed by atoms with Crippen LogP contribution in [0.15, 0.2) is 18.2 Å². The highest BCUT2D eigenvalue weighted by atomic mass is 16.5. The lowest BCUT2D eigenvalue weighted by Gasteiger charge is -2.19. The number of aryl methyl sites for hydroxylation is 1. The number of benzene rings is 1. The van der Waals surface area contributed by atoms with Crippen molar-refractivity contribution in [3.8, 4) is 5.75 Å². The molecule has 0 saturated heterocycles. The smallest absolute Gasteiger partial charge is 0.122 e. The maximum Gasteiger partial charge on any atom is 0.122 e. The zero-order valence-corrected chi connectivity index (χ0v) is 9.00. The standard InChI is InChI=1S/C13H16O/c1-9-5-4-6-11-7-10(2)13(14-3)8-12(9)11/h4,6-9H,5H2,1-3H3/t9-/m0/s1. The Hall–Kier alpha value is -1.24. The monoisotopic (exact) mass is 188 g/mol. The summed E-state index contributed by atoms with van der Waals surface area (Å²) in [6.07, 6.45) is 5.60. The predicted molar refractivity (Wildman–Crippen MR) is 59.8 cm³/mol. The number of rotatable bonds is 1. The van der Waals surface area contributed by atoms with E-state index in [4.69, 9.17) is 4.74 Å². The average molecular weight is 188 g/mol. The number of methoxy groups -OCH3 is 1. The van der Waals surface area contributed by atoms with Gasteiger partial charge < -0.3 is 4.74 Å². The van der Waals surface area contributed by atoms with Crippen LogP contribution in [0.1, 0.15) is 36.0 Å². The Balaban J connectivity index is 2.56. The molecular weight excluding hydrogens is 172 g/mol. The molecule has 1 nitrogen and oxygen atoms in total. The van der Waals surface area contributed by atoms with Crippen molar-refractivity contribution in [2.24, 2.45) is 0 Å². The Morgan fingerprint density at radius 2 is 2.14 bits per heavy atom. The lowest BCUT2D eigenvalue weighted by molar-refractivity contribution is 0.410. The largest absolute Gasteiger partial charge is 0.496 e. The predicted octanol–water partition coefficient (Wildman–Crippen LogP) is 3.52. The second-order valence-electron chi connectivity index (χ2n) is 3.99. The van der Waals surface area contributed by atoms with Gasteiger partial charge in [-0.1, -0.05) is 19.1 Å². The molecule has 1 atom stereocenters. The molecule has 0 N–H and O–H groups in total. The van der Waals surface area contributed by atoms with Crippen molar-refractivity contribution in [1.29, 1.82) is 0 Å². The van der Waals surface area contributed by atoms with E-state index in [0.29, 0.717) is 5.92 Å². The van der Waals surface area contributed by atoms with E-state index < -0.39 is 0 Å². The summed E-state index contributed by atoms with van der Waals surface area (Å²) in [6.45, 7) is 4.35. The number of hydrogen-bond donors (Lipinski definition) is 0. The van der Waals surface area contributed by atoms with Gasteiger partial charge in [-0.3, -0.25) is 0 Å². The van der Waals surface area contributed by atoms with Gasteiger partial charge in [-0.15, -0.1) is 0 Å². The van der Waals surface area contributed by atoms with Crippen molar-refractivity contribution in [3.63, 3.8) is 0 Å². The summed E-state index contributed by atoms with van der Waals surface area (Å²) >= 11 is 0. The first kappa shape index (κ1) is 9.32. The van der Waals surface area contributed by atoms with Gasteiger partial charge in [0, 0.05) is 0 Å². The van der Waals surface area contributed by atoms with E-state index in [1.165, 1.54) is 16.7 Å². The molecule has 1 heteroatoms. The second-order valence-corrected chi connectivity index (χ2v) is 3.99. The first-order valence-electron chi connectivity index (χ1n) is 5.07. The van der Waals surface area contributed by atoms with Crippen molar-refractivity contribution in [2.45, 2.75) is 26.2 Å². The minimum atomic E-state index is 0.615. The topological polar surface area (TPSA) is 9.23 Å². The lowest BCUT2D eigenvalue weighted by Crippen LogP contribution is -2.01. The maximum absolute atomic E-state index is 5.34. The first-order valence-corrected chi connectivity index (χ1v) is 5.07. The van der Waals surface area contributed by atoms with Gasteiger partial charge in [0.25, 0.3) is 0 Å². The van der Waals surface area contributed by atoms with Crippen molar-refractivity contribution >= 4 is 6.08 Å². The van der Waals surface area contributed by atoms with Crippen LogP contribution in [-0.2, 0) is 0 Å². The molecule has 0 amide bonds. The van der Waals surface area contributed by atoms with Crippen molar-refractivity contribution in [2.75, 3.05) is 7.11 Å². The zero-order chi connectivity index (χ0) is 10.1. The summed E-state index contributed by atoms with van der Waals surface area (Å²) in [6, 6.07) is 4.39. The molecule has 1 aliphatic rings. The molecule has 0 heterocycles. The first-order chi connectivity index (χ1) is 6.72. The summed E-state index contributed by atoms with van der Waals surface area (Å²) in [7, 11) is 1.73. The Kier molecular flexibility index (Phi) is 2.32. The zero-order valence-electron chi connectivity index (χ0n) is 9.00. The van der Waals surface area contributed by atoms with E-state index in [0.717, 1.165) is 12.2 Å². The number of fused-ring (bicyclic) bond motifs is 1. The van der Waals surface area contributed by atoms with Crippen LogP contribution in [0.3, 0.4) is 0 Å². The molecule has 0 aromatic heterocycles. The van der Waals surface area contributed by atoms with E-state index >= 15 is 0 Å². The SMILES string of the molecule is COc1cc2c(cc1C)C=CC[C@@H]2C. The lowest BCUT2D eigenvalue weighted by atomic mass is 9.87. The van der Waals surface area contributed by atoms with Gasteiger partial charge in [0.2, 0.25) is 0 Å². The highest BCUT2D eigenvalue weighted by Gasteiger charge is 2.14. The van der Waals surface area contributed by atoms with Crippen LogP contribution in [-0.4, -0.2) is 7.11 Å². The molecule has 1 aromatic carbocycles. The van der Waals surface area contributed by atoms with Crippen LogP contribution in [0.2, 0.25) is 0 Å². The molecule has 0 radical (unpaired) electrons. The minimum absolute atomic E-state index is 0.615. The maximum atomic E-state index is 5.34. The van der Waals surface area contributed by atoms with Gasteiger partial charge in [-0.05, 0) is 48.1 Å². The van der Waals surface area contributed by atoms with Crippen LogP contribution >= 0.6 is 0 Å². The van der Waals surface area contributed by atoms with E-state index in [9.17, 15) is 0 Å². The van der Waals surface area contributed by atoms with Gasteiger partial charge in [-0.2, -0.15) is 0 Å². The van der Waals surface area contributed by atoms with Crippen LogP contribution in [0, 0.1) is 6.92 Å². The minimum Gasteiger partial charge on any atom is -0.496 e. The molecule has 0 fully saturated rings. The fourth-order valence-electron chi connectivity index (χ4n) is 2.04. The van der Waals surface area contributed by atoms with Crippen molar-refractivity contribution in [1.82, 2.24) is 0 Å². The summed E-state index contributed by atoms with van der Waals surface area (Å²) in [5.41, 5.74) is 3.97. The normalized spacial score (nSPS) is 19.2. The van der Waals surface area contributed by atoms with Crippen LogP contribution < -0.4 is 4.74 Å². The molecule has 0 bridgehead atoms. The highest BCUT2D eigenvalue weighted by Crippen LogP contribution is 2.33. The molecule has 2 rings (SSSR count). The second kappa shape index (κ2) is 3.49. The van der Waals surface area contributed by atoms with Crippen LogP contribution in [0.4, 0.5) is 0 Å². The molecule has 0 saturated carbocycles. The van der Waals surface area contributed by atoms with E-state index in [2.05, 4.69) is 38.1 Å². The Labute approximate surface area is 85.4 Å². The van der Waals surface area contributed by atoms with E-state index in [1.54, 1.807) is 7.11 Å². The quantitative estimate of drug-likeness (QED) is 0.655. The summed E-state index contributed by atoms with van der Waals surface area (Å²) in [5.74, 6) is 1.62. The molecule has 1 aromatic rings. The van der Waals surface area contributed by atoms with Gasteiger partial charge in [0.05, 0.1) is 7.11 Å². The number of allylic oxidation sites excluding steroid dienone is 1. The van der Waals surface area contributed by atoms with Gasteiger partial charge >= 0.3 is 0 Å². The van der Waals surface area contributed by atoms with Crippen LogP contribution in [0.25, 0.3) is 6.08 Å². The Bertz CT molecular complexity index is 377. The molecular formula is C13H16O. The summed E-state index contributed by atoms with van der Waals surface area (Å²) in [5, 5.41) is 0. The summed E-state index contributed by atoms with van der Waals surface area (Å²) in [4.78, 5) is 0. The average Bonchev–Trinajstić information content (AvgIpc) is 2.17. The fourth-order valence-corrected chi connectivity index (χ4v) is 2.04. The third kappa shape index (κ3) is 1.43.